The van der Waals surface area contributed by atoms with E-state index in [9.17, 15) is 18.0 Å². The highest BCUT2D eigenvalue weighted by Gasteiger charge is 2.46. The number of aromatic nitrogens is 2. The topological polar surface area (TPSA) is 56.6 Å². The van der Waals surface area contributed by atoms with Crippen LogP contribution in [0.4, 0.5) is 18.0 Å². The van der Waals surface area contributed by atoms with Crippen molar-refractivity contribution in [3.05, 3.63) is 57.0 Å². The van der Waals surface area contributed by atoms with E-state index in [0.29, 0.717) is 22.4 Å². The van der Waals surface area contributed by atoms with Gasteiger partial charge in [0, 0.05) is 23.1 Å². The first-order valence-corrected chi connectivity index (χ1v) is 12.9. The predicted molar refractivity (Wildman–Crippen MR) is 147 cm³/mol. The molecule has 1 aliphatic rings. The lowest BCUT2D eigenvalue weighted by Crippen LogP contribution is -2.56. The quantitative estimate of drug-likeness (QED) is 0.419. The number of nitrogens with zero attached hydrogens (tertiary/aromatic N) is 3. The zero-order valence-corrected chi connectivity index (χ0v) is 23.6. The number of carbonyl (C=O) groups excluding carboxylic acids is 1. The van der Waals surface area contributed by atoms with Gasteiger partial charge in [0.25, 0.3) is 0 Å². The van der Waals surface area contributed by atoms with E-state index in [1.54, 1.807) is 37.8 Å². The third kappa shape index (κ3) is 5.48. The van der Waals surface area contributed by atoms with Crippen molar-refractivity contribution in [1.82, 2.24) is 14.5 Å². The van der Waals surface area contributed by atoms with Crippen molar-refractivity contribution < 1.29 is 27.4 Å². The molecule has 0 N–H and O–H groups in total. The highest BCUT2D eigenvalue weighted by atomic mass is 79.9. The van der Waals surface area contributed by atoms with Gasteiger partial charge >= 0.3 is 12.7 Å². The zero-order valence-electron chi connectivity index (χ0n) is 21.3. The van der Waals surface area contributed by atoms with E-state index in [1.807, 2.05) is 28.1 Å². The summed E-state index contributed by atoms with van der Waals surface area (Å²) < 4.78 is 53.7. The predicted octanol–water partition coefficient (Wildman–Crippen LogP) is 3.97. The Morgan fingerprint density at radius 2 is 1.95 bits per heavy atom. The molecule has 6 nitrogen and oxygen atoms in total. The fraction of sp³-hybridized carbons (Fsp3) is 0.391. The number of carbonyl (C=O) groups is 1. The molecule has 194 valence electrons. The molecule has 1 amide bonds. The third-order valence-electron chi connectivity index (χ3n) is 6.00. The van der Waals surface area contributed by atoms with Gasteiger partial charge in [0.15, 0.2) is 0 Å². The summed E-state index contributed by atoms with van der Waals surface area (Å²) in [6, 6.07) is 6.13. The van der Waals surface area contributed by atoms with Crippen LogP contribution in [-0.4, -0.2) is 61.5 Å². The van der Waals surface area contributed by atoms with Crippen LogP contribution in [0.15, 0.2) is 34.8 Å². The van der Waals surface area contributed by atoms with E-state index < -0.39 is 41.4 Å². The molecule has 2 atom stereocenters. The lowest BCUT2D eigenvalue weighted by molar-refractivity contribution is -0.0506. The fourth-order valence-corrected chi connectivity index (χ4v) is 5.40. The molecule has 3 aromatic rings. The molecule has 0 fully saturated rings. The number of ether oxygens (including phenoxy) is 2. The van der Waals surface area contributed by atoms with Crippen LogP contribution < -0.4 is 4.74 Å². The number of hydrogen-bond donors (Lipinski definition) is 0. The number of alkyl halides is 2. The van der Waals surface area contributed by atoms with Crippen LogP contribution in [0.3, 0.4) is 0 Å². The number of imidazole rings is 1. The molecule has 0 saturated heterocycles. The van der Waals surface area contributed by atoms with Gasteiger partial charge in [-0.05, 0) is 60.1 Å². The lowest BCUT2D eigenvalue weighted by atomic mass is 9.48. The minimum absolute atomic E-state index is 0.0818. The third-order valence-corrected chi connectivity index (χ3v) is 6.94. The van der Waals surface area contributed by atoms with Crippen molar-refractivity contribution in [3.8, 4) is 5.75 Å². The van der Waals surface area contributed by atoms with Gasteiger partial charge in [-0.1, -0.05) is 17.7 Å². The van der Waals surface area contributed by atoms with Crippen molar-refractivity contribution in [2.45, 2.75) is 56.7 Å². The second kappa shape index (κ2) is 9.80. The van der Waals surface area contributed by atoms with Gasteiger partial charge in [0.1, 0.15) is 46.5 Å². The van der Waals surface area contributed by atoms with E-state index >= 15 is 0 Å². The molecule has 0 aliphatic carbocycles. The summed E-state index contributed by atoms with van der Waals surface area (Å²) in [4.78, 5) is 19.8. The Bertz CT molecular complexity index is 1360. The van der Waals surface area contributed by atoms with Crippen LogP contribution in [-0.2, 0) is 4.74 Å². The first kappa shape index (κ1) is 27.8. The summed E-state index contributed by atoms with van der Waals surface area (Å²) in [5, 5.41) is -0.489. The first-order valence-electron chi connectivity index (χ1n) is 11.7. The number of benzene rings is 2. The van der Waals surface area contributed by atoms with Gasteiger partial charge in [-0.3, -0.25) is 0 Å². The molecular weight excluding hydrogens is 571 g/mol. The molecule has 0 radical (unpaired) electrons. The molecule has 4 rings (SSSR count). The highest BCUT2D eigenvalue weighted by molar-refractivity contribution is 9.10. The Kier molecular flexibility index (Phi) is 7.35. The van der Waals surface area contributed by atoms with E-state index in [2.05, 4.69) is 15.9 Å². The highest BCUT2D eigenvalue weighted by Crippen LogP contribution is 2.49. The molecular formula is C23H25B3BrClF3N3O3. The van der Waals surface area contributed by atoms with E-state index in [4.69, 9.17) is 26.1 Å². The smallest absolute Gasteiger partial charge is 0.409 e. The normalized spacial score (nSPS) is 17.8. The summed E-state index contributed by atoms with van der Waals surface area (Å²) in [7, 11) is 5.61. The van der Waals surface area contributed by atoms with E-state index in [0.717, 1.165) is 0 Å². The van der Waals surface area contributed by atoms with Crippen LogP contribution >= 0.6 is 27.5 Å². The van der Waals surface area contributed by atoms with Crippen molar-refractivity contribution in [3.63, 3.8) is 0 Å². The summed E-state index contributed by atoms with van der Waals surface area (Å²) in [5.41, 5.74) is 0.475. The SMILES string of the molecule is BC(B)(B)N(C(=O)OC(C)(C)C)[C@H]1C[C@@H](c2c(Cl)cccc2OC(F)F)n2c1nc1cc(F)c(Br)cc12. The van der Waals surface area contributed by atoms with E-state index in [1.165, 1.54) is 18.2 Å². The van der Waals surface area contributed by atoms with Crippen LogP contribution in [0.2, 0.25) is 5.02 Å². The lowest BCUT2D eigenvalue weighted by Gasteiger charge is -2.41. The summed E-state index contributed by atoms with van der Waals surface area (Å²) in [6.45, 7) is 2.26. The number of hydrogen-bond acceptors (Lipinski definition) is 4. The van der Waals surface area contributed by atoms with Crippen LogP contribution in [0.1, 0.15) is 50.7 Å². The maximum atomic E-state index is 14.5. The molecule has 1 aromatic heterocycles. The molecule has 0 unspecified atom stereocenters. The molecule has 0 spiro atoms. The Labute approximate surface area is 229 Å². The Balaban J connectivity index is 1.96. The monoisotopic (exact) mass is 595 g/mol. The van der Waals surface area contributed by atoms with Crippen molar-refractivity contribution >= 4 is 68.2 Å². The van der Waals surface area contributed by atoms with Gasteiger partial charge in [0.05, 0.1) is 27.6 Å². The summed E-state index contributed by atoms with van der Waals surface area (Å²) in [5.74, 6) is -0.125. The van der Waals surface area contributed by atoms with Crippen LogP contribution in [0, 0.1) is 5.82 Å². The van der Waals surface area contributed by atoms with E-state index in [-0.39, 0.29) is 21.7 Å². The molecule has 1 aliphatic heterocycles. The average molecular weight is 596 g/mol. The summed E-state index contributed by atoms with van der Waals surface area (Å²) in [6.07, 6.45) is -0.299. The number of rotatable bonds is 5. The molecule has 0 bridgehead atoms. The molecule has 2 aromatic carbocycles. The van der Waals surface area contributed by atoms with Crippen LogP contribution in [0.25, 0.3) is 11.0 Å². The Morgan fingerprint density at radius 1 is 1.27 bits per heavy atom. The van der Waals surface area contributed by atoms with Crippen molar-refractivity contribution in [1.29, 1.82) is 0 Å². The van der Waals surface area contributed by atoms with Crippen molar-refractivity contribution in [2.24, 2.45) is 0 Å². The first-order chi connectivity index (χ1) is 17.1. The van der Waals surface area contributed by atoms with Gasteiger partial charge in [-0.15, -0.1) is 0 Å². The minimum Gasteiger partial charge on any atom is -0.444 e. The maximum Gasteiger partial charge on any atom is 0.409 e. The second-order valence-electron chi connectivity index (χ2n) is 10.9. The van der Waals surface area contributed by atoms with Crippen LogP contribution in [0.5, 0.6) is 5.75 Å². The molecule has 0 saturated carbocycles. The molecule has 14 heteroatoms. The number of halogens is 5. The van der Waals surface area contributed by atoms with Gasteiger partial charge in [0.2, 0.25) is 0 Å². The standard InChI is InChI=1S/C23H25B3BrClF3N3O3/c1-22(2,3)37-21(35)34(23(24,25)26)16-9-15(18-11(28)5-4-6-17(18)36-20(30)31)33-14-7-10(27)12(29)8-13(14)32-19(16)33/h4-8,15-16,20H,9,24-26H2,1-3H3/t15-,16-/m0/s1. The Morgan fingerprint density at radius 3 is 2.54 bits per heavy atom. The maximum absolute atomic E-state index is 14.5. The van der Waals surface area contributed by atoms with Gasteiger partial charge < -0.3 is 18.9 Å². The molecule has 37 heavy (non-hydrogen) atoms. The number of amides is 1. The average Bonchev–Trinajstić information content (AvgIpc) is 3.24. The fourth-order valence-electron chi connectivity index (χ4n) is 4.78. The molecule has 2 heterocycles. The zero-order chi connectivity index (χ0) is 27.4. The van der Waals surface area contributed by atoms with Gasteiger partial charge in [-0.25, -0.2) is 14.2 Å². The Hall–Kier alpha value is -2.27. The minimum atomic E-state index is -3.07. The largest absolute Gasteiger partial charge is 0.444 e. The van der Waals surface area contributed by atoms with Crippen molar-refractivity contribution in [2.75, 3.05) is 0 Å². The summed E-state index contributed by atoms with van der Waals surface area (Å²) >= 11 is 9.80. The number of fused-ring (bicyclic) bond motifs is 3. The van der Waals surface area contributed by atoms with Gasteiger partial charge in [-0.2, -0.15) is 8.78 Å². The second-order valence-corrected chi connectivity index (χ2v) is 12.2.